The summed E-state index contributed by atoms with van der Waals surface area (Å²) < 4.78 is 0. The third-order valence-electron chi connectivity index (χ3n) is 3.01. The fraction of sp³-hybridized carbons (Fsp3) is 1.00. The average molecular weight is 200 g/mol. The van der Waals surface area contributed by atoms with Gasteiger partial charge in [-0.25, -0.2) is 0 Å². The molecule has 0 saturated carbocycles. The largest absolute Gasteiger partial charge is 0.395 e. The summed E-state index contributed by atoms with van der Waals surface area (Å²) in [5.41, 5.74) is 0. The Labute approximate surface area is 87.7 Å². The highest BCUT2D eigenvalue weighted by Crippen LogP contribution is 2.15. The van der Waals surface area contributed by atoms with E-state index in [0.717, 1.165) is 19.6 Å². The number of aliphatic hydroxyl groups excluding tert-OH is 1. The molecular weight excluding hydrogens is 176 g/mol. The Hall–Kier alpha value is -0.120. The van der Waals surface area contributed by atoms with E-state index in [4.69, 9.17) is 0 Å². The minimum absolute atomic E-state index is 0.273. The Bertz CT molecular complexity index is 173. The molecule has 0 bridgehead atoms. The first-order chi connectivity index (χ1) is 6.54. The topological polar surface area (TPSA) is 26.7 Å². The van der Waals surface area contributed by atoms with Crippen LogP contribution >= 0.6 is 0 Å². The molecule has 14 heavy (non-hydrogen) atoms. The first-order valence-electron chi connectivity index (χ1n) is 5.59. The maximum Gasteiger partial charge on any atom is 0.0599 e. The van der Waals surface area contributed by atoms with E-state index in [0.29, 0.717) is 18.0 Å². The number of hydrogen-bond donors (Lipinski definition) is 1. The van der Waals surface area contributed by atoms with Gasteiger partial charge in [-0.3, -0.25) is 4.90 Å². The normalized spacial score (nSPS) is 32.1. The summed E-state index contributed by atoms with van der Waals surface area (Å²) in [5.74, 6) is 0.693. The molecule has 2 atom stereocenters. The van der Waals surface area contributed by atoms with Gasteiger partial charge in [-0.15, -0.1) is 0 Å². The highest BCUT2D eigenvalue weighted by Gasteiger charge is 2.27. The maximum absolute atomic E-state index is 9.37. The zero-order chi connectivity index (χ0) is 10.7. The van der Waals surface area contributed by atoms with Crippen molar-refractivity contribution in [1.82, 2.24) is 9.80 Å². The fourth-order valence-corrected chi connectivity index (χ4v) is 2.43. The molecule has 0 radical (unpaired) electrons. The molecule has 1 rings (SSSR count). The van der Waals surface area contributed by atoms with E-state index in [2.05, 4.69) is 37.6 Å². The van der Waals surface area contributed by atoms with Gasteiger partial charge in [0.15, 0.2) is 0 Å². The van der Waals surface area contributed by atoms with Gasteiger partial charge in [0.25, 0.3) is 0 Å². The van der Waals surface area contributed by atoms with Crippen molar-refractivity contribution >= 4 is 0 Å². The number of aliphatic hydroxyl groups is 1. The van der Waals surface area contributed by atoms with E-state index < -0.39 is 0 Å². The first-order valence-corrected chi connectivity index (χ1v) is 5.59. The van der Waals surface area contributed by atoms with Gasteiger partial charge >= 0.3 is 0 Å². The second-order valence-corrected chi connectivity index (χ2v) is 4.95. The van der Waals surface area contributed by atoms with Crippen molar-refractivity contribution in [1.29, 1.82) is 0 Å². The molecule has 1 heterocycles. The second kappa shape index (κ2) is 5.10. The van der Waals surface area contributed by atoms with Crippen LogP contribution in [-0.4, -0.2) is 60.3 Å². The van der Waals surface area contributed by atoms with Crippen molar-refractivity contribution in [3.63, 3.8) is 0 Å². The Balaban J connectivity index is 2.69. The molecule has 0 aromatic heterocycles. The lowest BCUT2D eigenvalue weighted by molar-refractivity contribution is 0.0885. The zero-order valence-electron chi connectivity index (χ0n) is 9.90. The molecule has 0 aromatic rings. The Kier molecular flexibility index (Phi) is 4.35. The minimum Gasteiger partial charge on any atom is -0.395 e. The molecule has 3 nitrogen and oxygen atoms in total. The second-order valence-electron chi connectivity index (χ2n) is 4.95. The van der Waals surface area contributed by atoms with E-state index in [1.54, 1.807) is 0 Å². The lowest BCUT2D eigenvalue weighted by atomic mass is 10.1. The minimum atomic E-state index is 0.273. The summed E-state index contributed by atoms with van der Waals surface area (Å²) in [6.07, 6.45) is 0. The van der Waals surface area contributed by atoms with E-state index in [1.807, 2.05) is 0 Å². The summed E-state index contributed by atoms with van der Waals surface area (Å²) in [4.78, 5) is 4.75. The van der Waals surface area contributed by atoms with Crippen LogP contribution in [0.25, 0.3) is 0 Å². The third kappa shape index (κ3) is 2.94. The third-order valence-corrected chi connectivity index (χ3v) is 3.01. The standard InChI is InChI=1S/C11H24N2O/c1-9(2)13-6-10(3)5-12(4)7-11(13)8-14/h9-11,14H,5-8H2,1-4H3. The van der Waals surface area contributed by atoms with E-state index in [-0.39, 0.29) is 6.61 Å². The van der Waals surface area contributed by atoms with Gasteiger partial charge in [0.2, 0.25) is 0 Å². The van der Waals surface area contributed by atoms with Crippen molar-refractivity contribution in [3.8, 4) is 0 Å². The van der Waals surface area contributed by atoms with E-state index in [1.165, 1.54) is 0 Å². The van der Waals surface area contributed by atoms with Crippen molar-refractivity contribution in [3.05, 3.63) is 0 Å². The first kappa shape index (κ1) is 12.0. The molecule has 0 spiro atoms. The predicted octanol–water partition coefficient (Wildman–Crippen LogP) is 0.639. The lowest BCUT2D eigenvalue weighted by Gasteiger charge is -2.33. The van der Waals surface area contributed by atoms with Gasteiger partial charge < -0.3 is 10.0 Å². The van der Waals surface area contributed by atoms with Gasteiger partial charge in [-0.2, -0.15) is 0 Å². The number of rotatable bonds is 2. The highest BCUT2D eigenvalue weighted by atomic mass is 16.3. The predicted molar refractivity (Wildman–Crippen MR) is 59.4 cm³/mol. The van der Waals surface area contributed by atoms with Crippen LogP contribution in [0, 0.1) is 5.92 Å². The molecule has 1 saturated heterocycles. The van der Waals surface area contributed by atoms with Gasteiger partial charge in [0.05, 0.1) is 6.61 Å². The van der Waals surface area contributed by atoms with Crippen LogP contribution in [0.15, 0.2) is 0 Å². The number of likely N-dealkylation sites (N-methyl/N-ethyl adjacent to an activating group) is 1. The number of hydrogen-bond acceptors (Lipinski definition) is 3. The molecule has 2 unspecified atom stereocenters. The molecule has 0 amide bonds. The van der Waals surface area contributed by atoms with Crippen molar-refractivity contribution in [2.24, 2.45) is 5.92 Å². The van der Waals surface area contributed by atoms with Gasteiger partial charge in [0, 0.05) is 31.7 Å². The van der Waals surface area contributed by atoms with Crippen LogP contribution in [0.2, 0.25) is 0 Å². The van der Waals surface area contributed by atoms with Crippen molar-refractivity contribution in [2.75, 3.05) is 33.3 Å². The van der Waals surface area contributed by atoms with Gasteiger partial charge in [-0.05, 0) is 26.8 Å². The van der Waals surface area contributed by atoms with Crippen LogP contribution < -0.4 is 0 Å². The lowest BCUT2D eigenvalue weighted by Crippen LogP contribution is -2.46. The summed E-state index contributed by atoms with van der Waals surface area (Å²) in [7, 11) is 2.14. The van der Waals surface area contributed by atoms with Crippen LogP contribution in [0.4, 0.5) is 0 Å². The maximum atomic E-state index is 9.37. The highest BCUT2D eigenvalue weighted by molar-refractivity contribution is 4.82. The van der Waals surface area contributed by atoms with Gasteiger partial charge in [0.1, 0.15) is 0 Å². The molecule has 0 aromatic carbocycles. The van der Waals surface area contributed by atoms with Crippen LogP contribution in [0.5, 0.6) is 0 Å². The van der Waals surface area contributed by atoms with Crippen LogP contribution in [0.3, 0.4) is 0 Å². The molecule has 3 heteroatoms. The van der Waals surface area contributed by atoms with Crippen LogP contribution in [-0.2, 0) is 0 Å². The Morgan fingerprint density at radius 2 is 1.93 bits per heavy atom. The molecule has 1 aliphatic rings. The zero-order valence-corrected chi connectivity index (χ0v) is 9.90. The van der Waals surface area contributed by atoms with Crippen molar-refractivity contribution < 1.29 is 5.11 Å². The summed E-state index contributed by atoms with van der Waals surface area (Å²) in [6, 6.07) is 0.839. The Morgan fingerprint density at radius 1 is 1.29 bits per heavy atom. The quantitative estimate of drug-likeness (QED) is 0.708. The molecule has 0 aliphatic carbocycles. The molecule has 1 aliphatic heterocycles. The van der Waals surface area contributed by atoms with E-state index in [9.17, 15) is 5.11 Å². The SMILES string of the molecule is CC1CN(C)CC(CO)N(C(C)C)C1. The van der Waals surface area contributed by atoms with Crippen molar-refractivity contribution in [2.45, 2.75) is 32.9 Å². The summed E-state index contributed by atoms with van der Waals surface area (Å²) >= 11 is 0. The fourth-order valence-electron chi connectivity index (χ4n) is 2.43. The van der Waals surface area contributed by atoms with Gasteiger partial charge in [-0.1, -0.05) is 6.92 Å². The van der Waals surface area contributed by atoms with Crippen LogP contribution in [0.1, 0.15) is 20.8 Å². The number of nitrogens with zero attached hydrogens (tertiary/aromatic N) is 2. The molecule has 1 N–H and O–H groups in total. The average Bonchev–Trinajstić information content (AvgIpc) is 2.23. The summed E-state index contributed by atoms with van der Waals surface area (Å²) in [5, 5.41) is 9.37. The molecular formula is C11H24N2O. The Morgan fingerprint density at radius 3 is 2.43 bits per heavy atom. The molecule has 1 fully saturated rings. The monoisotopic (exact) mass is 200 g/mol. The summed E-state index contributed by atoms with van der Waals surface area (Å²) in [6.45, 7) is 10.2. The molecule has 84 valence electrons. The smallest absolute Gasteiger partial charge is 0.0599 e. The van der Waals surface area contributed by atoms with E-state index >= 15 is 0 Å².